The summed E-state index contributed by atoms with van der Waals surface area (Å²) >= 11 is 0. The third-order valence-electron chi connectivity index (χ3n) is 6.98. The Bertz CT molecular complexity index is 392. The van der Waals surface area contributed by atoms with Crippen molar-refractivity contribution >= 4 is 0 Å². The van der Waals surface area contributed by atoms with E-state index in [1.54, 1.807) is 0 Å². The minimum absolute atomic E-state index is 0.269. The Labute approximate surface area is 136 Å². The summed E-state index contributed by atoms with van der Waals surface area (Å²) < 4.78 is 6.32. The lowest BCUT2D eigenvalue weighted by Gasteiger charge is -2.43. The summed E-state index contributed by atoms with van der Waals surface area (Å²) in [7, 11) is 0. The Morgan fingerprint density at radius 3 is 2.64 bits per heavy atom. The summed E-state index contributed by atoms with van der Waals surface area (Å²) in [5, 5.41) is 10.4. The van der Waals surface area contributed by atoms with Crippen LogP contribution in [0.4, 0.5) is 0 Å². The molecule has 0 radical (unpaired) electrons. The molecule has 3 nitrogen and oxygen atoms in total. The second kappa shape index (κ2) is 6.07. The van der Waals surface area contributed by atoms with Crippen LogP contribution in [0.1, 0.15) is 66.2 Å². The average molecular weight is 309 g/mol. The van der Waals surface area contributed by atoms with Gasteiger partial charge in [0, 0.05) is 12.6 Å². The maximum Gasteiger partial charge on any atom is 0.0900 e. The van der Waals surface area contributed by atoms with E-state index in [2.05, 4.69) is 32.6 Å². The number of piperidine rings is 1. The summed E-state index contributed by atoms with van der Waals surface area (Å²) in [4.78, 5) is 2.44. The van der Waals surface area contributed by atoms with E-state index >= 15 is 0 Å². The zero-order valence-corrected chi connectivity index (χ0v) is 15.0. The van der Waals surface area contributed by atoms with Crippen molar-refractivity contribution < 1.29 is 9.84 Å². The summed E-state index contributed by atoms with van der Waals surface area (Å²) in [6.07, 6.45) is 7.80. The van der Waals surface area contributed by atoms with Crippen molar-refractivity contribution in [2.24, 2.45) is 16.7 Å². The first kappa shape index (κ1) is 16.7. The molecule has 0 aromatic rings. The van der Waals surface area contributed by atoms with Gasteiger partial charge in [-0.3, -0.25) is 4.90 Å². The van der Waals surface area contributed by atoms with Crippen LogP contribution in [-0.4, -0.2) is 48.0 Å². The molecule has 2 saturated carbocycles. The van der Waals surface area contributed by atoms with Crippen LogP contribution in [0.15, 0.2) is 0 Å². The number of rotatable bonds is 5. The van der Waals surface area contributed by atoms with Crippen LogP contribution in [0, 0.1) is 16.7 Å². The van der Waals surface area contributed by atoms with Gasteiger partial charge < -0.3 is 9.84 Å². The van der Waals surface area contributed by atoms with Crippen molar-refractivity contribution in [3.8, 4) is 0 Å². The van der Waals surface area contributed by atoms with Crippen LogP contribution >= 0.6 is 0 Å². The molecule has 1 N–H and O–H groups in total. The molecule has 5 atom stereocenters. The fraction of sp³-hybridized carbons (Fsp3) is 1.00. The van der Waals surface area contributed by atoms with Gasteiger partial charge in [-0.25, -0.2) is 0 Å². The van der Waals surface area contributed by atoms with Gasteiger partial charge in [0.05, 0.1) is 18.8 Å². The molecule has 1 heterocycles. The zero-order valence-electron chi connectivity index (χ0n) is 15.0. The highest BCUT2D eigenvalue weighted by molar-refractivity contribution is 5.09. The molecule has 3 fully saturated rings. The van der Waals surface area contributed by atoms with Crippen molar-refractivity contribution in [1.29, 1.82) is 0 Å². The normalized spacial score (nSPS) is 42.7. The number of ether oxygens (including phenoxy) is 1. The lowest BCUT2D eigenvalue weighted by Crippen LogP contribution is -2.46. The molecule has 2 bridgehead atoms. The lowest BCUT2D eigenvalue weighted by molar-refractivity contribution is -0.114. The monoisotopic (exact) mass is 309 g/mol. The second-order valence-electron chi connectivity index (χ2n) is 9.12. The number of aliphatic hydroxyl groups excluding tert-OH is 1. The molecule has 2 aliphatic carbocycles. The van der Waals surface area contributed by atoms with E-state index in [1.165, 1.54) is 38.5 Å². The minimum Gasteiger partial charge on any atom is -0.389 e. The van der Waals surface area contributed by atoms with Crippen molar-refractivity contribution in [2.45, 2.75) is 84.5 Å². The number of likely N-dealkylation sites (tertiary alicyclic amines) is 1. The molecule has 1 aliphatic heterocycles. The first-order valence-corrected chi connectivity index (χ1v) is 9.36. The average Bonchev–Trinajstić information content (AvgIpc) is 2.92. The maximum absolute atomic E-state index is 10.4. The van der Waals surface area contributed by atoms with Gasteiger partial charge in [-0.1, -0.05) is 27.2 Å². The third kappa shape index (κ3) is 2.97. The molecule has 0 spiro atoms. The van der Waals surface area contributed by atoms with Crippen molar-refractivity contribution in [2.75, 3.05) is 19.7 Å². The van der Waals surface area contributed by atoms with E-state index in [4.69, 9.17) is 4.74 Å². The van der Waals surface area contributed by atoms with Crippen molar-refractivity contribution in [1.82, 2.24) is 4.90 Å². The highest BCUT2D eigenvalue weighted by atomic mass is 16.5. The van der Waals surface area contributed by atoms with Crippen LogP contribution in [0.25, 0.3) is 0 Å². The molecule has 22 heavy (non-hydrogen) atoms. The molecule has 128 valence electrons. The Hall–Kier alpha value is -0.120. The van der Waals surface area contributed by atoms with Gasteiger partial charge >= 0.3 is 0 Å². The first-order valence-electron chi connectivity index (χ1n) is 9.36. The second-order valence-corrected chi connectivity index (χ2v) is 9.12. The number of nitrogens with zero attached hydrogens (tertiary/aromatic N) is 1. The van der Waals surface area contributed by atoms with Crippen LogP contribution in [0.3, 0.4) is 0 Å². The van der Waals surface area contributed by atoms with Gasteiger partial charge in [0.1, 0.15) is 0 Å². The summed E-state index contributed by atoms with van der Waals surface area (Å²) in [5.74, 6) is 0.807. The van der Waals surface area contributed by atoms with Crippen LogP contribution in [0.2, 0.25) is 0 Å². The highest BCUT2D eigenvalue weighted by Gasteiger charge is 2.60. The Morgan fingerprint density at radius 1 is 1.23 bits per heavy atom. The Morgan fingerprint density at radius 2 is 2.00 bits per heavy atom. The summed E-state index contributed by atoms with van der Waals surface area (Å²) in [6, 6.07) is 0.611. The molecule has 0 unspecified atom stereocenters. The number of hydrogen-bond acceptors (Lipinski definition) is 3. The number of β-amino-alcohol motifs (C(OH)–C–C–N with tert-alkyl or cyclic N) is 1. The van der Waals surface area contributed by atoms with Gasteiger partial charge in [0.15, 0.2) is 0 Å². The van der Waals surface area contributed by atoms with Crippen molar-refractivity contribution in [3.63, 3.8) is 0 Å². The van der Waals surface area contributed by atoms with Gasteiger partial charge in [0.25, 0.3) is 0 Å². The fourth-order valence-electron chi connectivity index (χ4n) is 5.63. The van der Waals surface area contributed by atoms with E-state index in [9.17, 15) is 5.11 Å². The third-order valence-corrected chi connectivity index (χ3v) is 6.98. The zero-order chi connectivity index (χ0) is 16.0. The molecule has 3 heteroatoms. The van der Waals surface area contributed by atoms with Crippen LogP contribution in [-0.2, 0) is 4.74 Å². The first-order chi connectivity index (χ1) is 10.3. The molecule has 1 saturated heterocycles. The number of fused-ring (bicyclic) bond motifs is 2. The smallest absolute Gasteiger partial charge is 0.0900 e. The van der Waals surface area contributed by atoms with E-state index in [-0.39, 0.29) is 11.5 Å². The fourth-order valence-corrected chi connectivity index (χ4v) is 5.63. The van der Waals surface area contributed by atoms with Gasteiger partial charge in [0.2, 0.25) is 0 Å². The quantitative estimate of drug-likeness (QED) is 0.844. The lowest BCUT2D eigenvalue weighted by atomic mass is 9.70. The van der Waals surface area contributed by atoms with E-state index < -0.39 is 0 Å². The number of hydrogen-bond donors (Lipinski definition) is 1. The van der Waals surface area contributed by atoms with E-state index in [0.29, 0.717) is 24.2 Å². The van der Waals surface area contributed by atoms with Gasteiger partial charge in [-0.2, -0.15) is 0 Å². The van der Waals surface area contributed by atoms with Gasteiger partial charge in [-0.15, -0.1) is 0 Å². The van der Waals surface area contributed by atoms with Crippen LogP contribution < -0.4 is 0 Å². The van der Waals surface area contributed by atoms with Gasteiger partial charge in [-0.05, 0) is 62.3 Å². The number of aliphatic hydroxyl groups is 1. The SMILES string of the molecule is C[C@@H]1CCCCN1C[C@H](O)CO[C@@H]1C(C)(C)[C@H]2CC[C@@]1(C)C2. The molecule has 0 aromatic heterocycles. The van der Waals surface area contributed by atoms with E-state index in [1.807, 2.05) is 0 Å². The Kier molecular flexibility index (Phi) is 4.61. The highest BCUT2D eigenvalue weighted by Crippen LogP contribution is 2.63. The molecule has 3 aliphatic rings. The standard InChI is InChI=1S/C19H35NO2/c1-14-7-5-6-10-20(14)12-16(21)13-22-17-18(2,3)15-8-9-19(17,4)11-15/h14-17,21H,5-13H2,1-4H3/t14-,15+,16+,17-,19+/m1/s1. The predicted octanol–water partition coefficient (Wildman–Crippen LogP) is 3.45. The molecular formula is C19H35NO2. The minimum atomic E-state index is -0.348. The summed E-state index contributed by atoms with van der Waals surface area (Å²) in [6.45, 7) is 11.8. The van der Waals surface area contributed by atoms with E-state index in [0.717, 1.165) is 19.0 Å². The topological polar surface area (TPSA) is 32.7 Å². The predicted molar refractivity (Wildman–Crippen MR) is 89.9 cm³/mol. The molecule has 0 aromatic carbocycles. The van der Waals surface area contributed by atoms with Crippen LogP contribution in [0.5, 0.6) is 0 Å². The largest absolute Gasteiger partial charge is 0.389 e. The Balaban J connectivity index is 1.51. The molecule has 3 rings (SSSR count). The summed E-state index contributed by atoms with van der Waals surface area (Å²) in [5.41, 5.74) is 0.609. The van der Waals surface area contributed by atoms with Crippen molar-refractivity contribution in [3.05, 3.63) is 0 Å². The maximum atomic E-state index is 10.4. The molecular weight excluding hydrogens is 274 g/mol. The molecule has 0 amide bonds.